The largest absolute Gasteiger partial charge is 0.343 e. The van der Waals surface area contributed by atoms with Gasteiger partial charge in [0.15, 0.2) is 0 Å². The molecule has 2 heterocycles. The van der Waals surface area contributed by atoms with Crippen LogP contribution in [0.4, 0.5) is 0 Å². The highest BCUT2D eigenvalue weighted by Gasteiger charge is 2.11. The van der Waals surface area contributed by atoms with Crippen molar-refractivity contribution >= 4 is 16.5 Å². The Hall–Kier alpha value is -2.32. The lowest BCUT2D eigenvalue weighted by atomic mass is 9.99. The molecule has 1 aromatic heterocycles. The van der Waals surface area contributed by atoms with E-state index in [4.69, 9.17) is 0 Å². The van der Waals surface area contributed by atoms with Gasteiger partial charge in [0.2, 0.25) is 0 Å². The van der Waals surface area contributed by atoms with Crippen LogP contribution in [0.15, 0.2) is 66.9 Å². The Morgan fingerprint density at radius 2 is 1.86 bits per heavy atom. The molecule has 4 rings (SSSR count). The molecule has 2 nitrogen and oxygen atoms in total. The topological polar surface area (TPSA) is 17.0 Å². The monoisotopic (exact) mass is 288 g/mol. The maximum absolute atomic E-state index is 3.47. The van der Waals surface area contributed by atoms with Gasteiger partial charge >= 0.3 is 0 Å². The molecule has 2 aromatic carbocycles. The van der Waals surface area contributed by atoms with Crippen LogP contribution in [-0.2, 0) is 6.54 Å². The third-order valence-electron chi connectivity index (χ3n) is 4.38. The second kappa shape index (κ2) is 5.82. The fraction of sp³-hybridized carbons (Fsp3) is 0.200. The van der Waals surface area contributed by atoms with E-state index in [1.54, 1.807) is 0 Å². The zero-order chi connectivity index (χ0) is 14.8. The maximum Gasteiger partial charge on any atom is 0.0489 e. The minimum absolute atomic E-state index is 0.922. The SMILES string of the molecule is C1=C(c2cccc3c2ccn3Cc2ccccc2)CNCC1. The molecule has 0 bridgehead atoms. The summed E-state index contributed by atoms with van der Waals surface area (Å²) in [6, 6.07) is 19.5. The lowest BCUT2D eigenvalue weighted by Gasteiger charge is -2.15. The highest BCUT2D eigenvalue weighted by molar-refractivity contribution is 5.93. The van der Waals surface area contributed by atoms with Crippen LogP contribution in [0.2, 0.25) is 0 Å². The number of hydrogen-bond donors (Lipinski definition) is 1. The standard InChI is InChI=1S/C20H20N2/c1-2-6-16(7-3-1)15-22-13-11-19-18(9-4-10-20(19)22)17-8-5-12-21-14-17/h1-4,6-11,13,21H,5,12,14-15H2. The van der Waals surface area contributed by atoms with Crippen LogP contribution in [0, 0.1) is 0 Å². The molecule has 0 unspecified atom stereocenters. The molecule has 0 radical (unpaired) electrons. The van der Waals surface area contributed by atoms with Crippen molar-refractivity contribution < 1.29 is 0 Å². The smallest absolute Gasteiger partial charge is 0.0489 e. The van der Waals surface area contributed by atoms with Crippen LogP contribution >= 0.6 is 0 Å². The van der Waals surface area contributed by atoms with Crippen LogP contribution in [0.1, 0.15) is 17.5 Å². The Morgan fingerprint density at radius 3 is 2.68 bits per heavy atom. The molecule has 3 aromatic rings. The van der Waals surface area contributed by atoms with Crippen LogP contribution in [0.25, 0.3) is 16.5 Å². The van der Waals surface area contributed by atoms with Gasteiger partial charge in [-0.2, -0.15) is 0 Å². The molecule has 110 valence electrons. The molecule has 1 aliphatic heterocycles. The lowest BCUT2D eigenvalue weighted by molar-refractivity contribution is 0.739. The van der Waals surface area contributed by atoms with Crippen molar-refractivity contribution in [2.24, 2.45) is 0 Å². The fourth-order valence-electron chi connectivity index (χ4n) is 3.27. The number of nitrogens with zero attached hydrogens (tertiary/aromatic N) is 1. The normalized spacial score (nSPS) is 15.0. The van der Waals surface area contributed by atoms with Crippen molar-refractivity contribution in [1.82, 2.24) is 9.88 Å². The van der Waals surface area contributed by atoms with Crippen molar-refractivity contribution in [1.29, 1.82) is 0 Å². The number of fused-ring (bicyclic) bond motifs is 1. The molecule has 2 heteroatoms. The van der Waals surface area contributed by atoms with E-state index in [1.165, 1.54) is 27.6 Å². The van der Waals surface area contributed by atoms with Gasteiger partial charge < -0.3 is 9.88 Å². The second-order valence-electron chi connectivity index (χ2n) is 5.86. The maximum atomic E-state index is 3.47. The summed E-state index contributed by atoms with van der Waals surface area (Å²) in [6.07, 6.45) is 5.70. The first-order valence-corrected chi connectivity index (χ1v) is 7.94. The summed E-state index contributed by atoms with van der Waals surface area (Å²) in [4.78, 5) is 0. The van der Waals surface area contributed by atoms with E-state index in [0.717, 1.165) is 26.1 Å². The van der Waals surface area contributed by atoms with E-state index in [1.807, 2.05) is 0 Å². The average Bonchev–Trinajstić information content (AvgIpc) is 3.00. The number of benzene rings is 2. The van der Waals surface area contributed by atoms with Gasteiger partial charge in [-0.05, 0) is 41.8 Å². The summed E-state index contributed by atoms with van der Waals surface area (Å²) in [5.41, 5.74) is 5.45. The zero-order valence-corrected chi connectivity index (χ0v) is 12.6. The molecule has 0 amide bonds. The van der Waals surface area contributed by atoms with Gasteiger partial charge in [-0.25, -0.2) is 0 Å². The Bertz CT molecular complexity index is 812. The van der Waals surface area contributed by atoms with Crippen molar-refractivity contribution in [2.75, 3.05) is 13.1 Å². The molecule has 0 fully saturated rings. The minimum atomic E-state index is 0.922. The summed E-state index contributed by atoms with van der Waals surface area (Å²) in [5.74, 6) is 0. The molecule has 1 N–H and O–H groups in total. The third-order valence-corrected chi connectivity index (χ3v) is 4.38. The van der Waals surface area contributed by atoms with E-state index in [-0.39, 0.29) is 0 Å². The van der Waals surface area contributed by atoms with E-state index in [2.05, 4.69) is 76.8 Å². The van der Waals surface area contributed by atoms with Gasteiger partial charge in [-0.1, -0.05) is 48.5 Å². The number of nitrogens with one attached hydrogen (secondary N) is 1. The molecular formula is C20H20N2. The third kappa shape index (κ3) is 2.46. The van der Waals surface area contributed by atoms with E-state index in [0.29, 0.717) is 0 Å². The average molecular weight is 288 g/mol. The first-order valence-electron chi connectivity index (χ1n) is 7.94. The first kappa shape index (κ1) is 13.4. The summed E-state index contributed by atoms with van der Waals surface area (Å²) in [6.45, 7) is 2.99. The van der Waals surface area contributed by atoms with Gasteiger partial charge in [0, 0.05) is 30.2 Å². The minimum Gasteiger partial charge on any atom is -0.343 e. The lowest BCUT2D eigenvalue weighted by Crippen LogP contribution is -2.21. The number of aromatic nitrogens is 1. The predicted molar refractivity (Wildman–Crippen MR) is 92.9 cm³/mol. The van der Waals surface area contributed by atoms with Crippen molar-refractivity contribution in [3.8, 4) is 0 Å². The second-order valence-corrected chi connectivity index (χ2v) is 5.86. The molecule has 0 aliphatic carbocycles. The number of rotatable bonds is 3. The molecule has 22 heavy (non-hydrogen) atoms. The van der Waals surface area contributed by atoms with Crippen molar-refractivity contribution in [2.45, 2.75) is 13.0 Å². The Morgan fingerprint density at radius 1 is 0.955 bits per heavy atom. The Balaban J connectivity index is 1.75. The summed E-state index contributed by atoms with van der Waals surface area (Å²) < 4.78 is 2.34. The highest BCUT2D eigenvalue weighted by Crippen LogP contribution is 2.27. The molecule has 0 spiro atoms. The fourth-order valence-corrected chi connectivity index (χ4v) is 3.27. The van der Waals surface area contributed by atoms with Gasteiger partial charge in [0.25, 0.3) is 0 Å². The quantitative estimate of drug-likeness (QED) is 0.769. The molecule has 0 atom stereocenters. The van der Waals surface area contributed by atoms with Crippen LogP contribution in [0.5, 0.6) is 0 Å². The molecule has 0 saturated carbocycles. The first-order chi connectivity index (χ1) is 10.9. The molecule has 0 saturated heterocycles. The Kier molecular flexibility index (Phi) is 3.53. The van der Waals surface area contributed by atoms with Gasteiger partial charge in [-0.3, -0.25) is 0 Å². The van der Waals surface area contributed by atoms with E-state index < -0.39 is 0 Å². The van der Waals surface area contributed by atoms with E-state index >= 15 is 0 Å². The van der Waals surface area contributed by atoms with Gasteiger partial charge in [0.05, 0.1) is 0 Å². The summed E-state index contributed by atoms with van der Waals surface area (Å²) in [7, 11) is 0. The van der Waals surface area contributed by atoms with Crippen LogP contribution in [-0.4, -0.2) is 17.7 Å². The van der Waals surface area contributed by atoms with Crippen molar-refractivity contribution in [3.05, 3.63) is 78.0 Å². The highest BCUT2D eigenvalue weighted by atomic mass is 14.9. The summed E-state index contributed by atoms with van der Waals surface area (Å²) in [5, 5.41) is 4.82. The molecular weight excluding hydrogens is 268 g/mol. The zero-order valence-electron chi connectivity index (χ0n) is 12.6. The summed E-state index contributed by atoms with van der Waals surface area (Å²) >= 11 is 0. The van der Waals surface area contributed by atoms with Gasteiger partial charge in [0.1, 0.15) is 0 Å². The Labute approximate surface area is 131 Å². The van der Waals surface area contributed by atoms with E-state index in [9.17, 15) is 0 Å². The van der Waals surface area contributed by atoms with Crippen LogP contribution < -0.4 is 5.32 Å². The van der Waals surface area contributed by atoms with Crippen LogP contribution in [0.3, 0.4) is 0 Å². The molecule has 1 aliphatic rings. The van der Waals surface area contributed by atoms with Crippen molar-refractivity contribution in [3.63, 3.8) is 0 Å². The predicted octanol–water partition coefficient (Wildman–Crippen LogP) is 4.07. The van der Waals surface area contributed by atoms with Gasteiger partial charge in [-0.15, -0.1) is 0 Å². The number of hydrogen-bond acceptors (Lipinski definition) is 1.